The van der Waals surface area contributed by atoms with Crippen LogP contribution in [-0.4, -0.2) is 44.0 Å². The van der Waals surface area contributed by atoms with Crippen LogP contribution in [0.15, 0.2) is 35.3 Å². The van der Waals surface area contributed by atoms with Gasteiger partial charge in [-0.15, -0.1) is 0 Å². The number of anilines is 1. The Labute approximate surface area is 163 Å². The van der Waals surface area contributed by atoms with E-state index >= 15 is 0 Å². The summed E-state index contributed by atoms with van der Waals surface area (Å²) in [6.07, 6.45) is 2.96. The predicted molar refractivity (Wildman–Crippen MR) is 113 cm³/mol. The number of benzene rings is 1. The molecule has 1 saturated heterocycles. The van der Waals surface area contributed by atoms with Gasteiger partial charge in [0.25, 0.3) is 0 Å². The first kappa shape index (κ1) is 19.6. The predicted octanol–water partition coefficient (Wildman–Crippen LogP) is 4.34. The largest absolute Gasteiger partial charge is 0.378 e. The molecule has 2 heterocycles. The normalized spacial score (nSPS) is 15.3. The van der Waals surface area contributed by atoms with Gasteiger partial charge in [0.2, 0.25) is 0 Å². The molecule has 27 heavy (non-hydrogen) atoms. The van der Waals surface area contributed by atoms with Gasteiger partial charge >= 0.3 is 0 Å². The lowest BCUT2D eigenvalue weighted by Crippen LogP contribution is -2.36. The Hall–Kier alpha value is -2.20. The summed E-state index contributed by atoms with van der Waals surface area (Å²) in [5, 5.41) is 0. The average Bonchev–Trinajstić information content (AvgIpc) is 2.68. The number of morpholine rings is 1. The van der Waals surface area contributed by atoms with Gasteiger partial charge in [0, 0.05) is 54.9 Å². The molecule has 0 aliphatic carbocycles. The molecule has 0 bridgehead atoms. The Bertz CT molecular complexity index is 767. The molecule has 0 amide bonds. The van der Waals surface area contributed by atoms with Crippen molar-refractivity contribution in [3.05, 3.63) is 58.4 Å². The summed E-state index contributed by atoms with van der Waals surface area (Å²) in [5.41, 5.74) is 8.46. The van der Waals surface area contributed by atoms with E-state index in [0.717, 1.165) is 57.0 Å². The lowest BCUT2D eigenvalue weighted by atomic mass is 9.97. The van der Waals surface area contributed by atoms with Gasteiger partial charge in [-0.2, -0.15) is 0 Å². The standard InChI is InChI=1S/C23H31N3O/c1-5-6-22(24-4)23-17(2)15-20(25-18(23)3)16-19-7-9-21(10-8-19)26-11-13-27-14-12-26/h7-10,15H,5-6,11-14,16H2,1-4H3. The highest BCUT2D eigenvalue weighted by molar-refractivity contribution is 6.02. The molecule has 144 valence electrons. The summed E-state index contributed by atoms with van der Waals surface area (Å²) in [5.74, 6) is 0. The minimum atomic E-state index is 0.817. The summed E-state index contributed by atoms with van der Waals surface area (Å²) in [7, 11) is 1.88. The highest BCUT2D eigenvalue weighted by Crippen LogP contribution is 2.21. The molecule has 1 aromatic carbocycles. The van der Waals surface area contributed by atoms with Gasteiger partial charge in [-0.3, -0.25) is 9.98 Å². The molecule has 3 rings (SSSR count). The number of nitrogens with zero attached hydrogens (tertiary/aromatic N) is 3. The molecular formula is C23H31N3O. The number of ether oxygens (including phenoxy) is 1. The molecule has 2 aromatic rings. The third-order valence-corrected chi connectivity index (χ3v) is 5.19. The van der Waals surface area contributed by atoms with Crippen LogP contribution in [0.3, 0.4) is 0 Å². The zero-order chi connectivity index (χ0) is 19.2. The topological polar surface area (TPSA) is 37.7 Å². The molecule has 0 unspecified atom stereocenters. The second kappa shape index (κ2) is 9.14. The van der Waals surface area contributed by atoms with Gasteiger partial charge in [-0.05, 0) is 49.6 Å². The highest BCUT2D eigenvalue weighted by Gasteiger charge is 2.13. The average molecular weight is 366 g/mol. The van der Waals surface area contributed by atoms with Crippen molar-refractivity contribution in [2.45, 2.75) is 40.0 Å². The Morgan fingerprint density at radius 3 is 2.44 bits per heavy atom. The molecule has 4 nitrogen and oxygen atoms in total. The fourth-order valence-electron chi connectivity index (χ4n) is 3.88. The highest BCUT2D eigenvalue weighted by atomic mass is 16.5. The number of pyridine rings is 1. The second-order valence-corrected chi connectivity index (χ2v) is 7.25. The van der Waals surface area contributed by atoms with Gasteiger partial charge in [0.15, 0.2) is 0 Å². The first-order valence-corrected chi connectivity index (χ1v) is 9.97. The number of aromatic nitrogens is 1. The third-order valence-electron chi connectivity index (χ3n) is 5.19. The molecule has 0 N–H and O–H groups in total. The molecule has 0 radical (unpaired) electrons. The number of hydrogen-bond donors (Lipinski definition) is 0. The van der Waals surface area contributed by atoms with E-state index in [4.69, 9.17) is 9.72 Å². The van der Waals surface area contributed by atoms with Gasteiger partial charge in [0.1, 0.15) is 0 Å². The zero-order valence-electron chi connectivity index (χ0n) is 17.1. The first-order chi connectivity index (χ1) is 13.1. The Kier molecular flexibility index (Phi) is 6.62. The summed E-state index contributed by atoms with van der Waals surface area (Å²) >= 11 is 0. The lowest BCUT2D eigenvalue weighted by molar-refractivity contribution is 0.122. The van der Waals surface area contributed by atoms with Crippen LogP contribution >= 0.6 is 0 Å². The first-order valence-electron chi connectivity index (χ1n) is 9.97. The van der Waals surface area contributed by atoms with E-state index in [2.05, 4.69) is 61.0 Å². The van der Waals surface area contributed by atoms with Crippen molar-refractivity contribution >= 4 is 11.4 Å². The maximum Gasteiger partial charge on any atom is 0.0642 e. The van der Waals surface area contributed by atoms with Gasteiger partial charge in [-0.1, -0.05) is 25.5 Å². The van der Waals surface area contributed by atoms with Crippen LogP contribution < -0.4 is 4.90 Å². The summed E-state index contributed by atoms with van der Waals surface area (Å²) in [6, 6.07) is 11.1. The van der Waals surface area contributed by atoms with Crippen molar-refractivity contribution in [2.24, 2.45) is 4.99 Å². The van der Waals surface area contributed by atoms with Crippen molar-refractivity contribution in [3.63, 3.8) is 0 Å². The van der Waals surface area contributed by atoms with Gasteiger partial charge in [0.05, 0.1) is 13.2 Å². The van der Waals surface area contributed by atoms with Crippen LogP contribution in [-0.2, 0) is 11.2 Å². The molecule has 1 aliphatic rings. The molecule has 1 aliphatic heterocycles. The second-order valence-electron chi connectivity index (χ2n) is 7.25. The van der Waals surface area contributed by atoms with E-state index in [-0.39, 0.29) is 0 Å². The Morgan fingerprint density at radius 2 is 1.85 bits per heavy atom. The molecule has 1 aromatic heterocycles. The van der Waals surface area contributed by atoms with Crippen molar-refractivity contribution in [1.82, 2.24) is 4.98 Å². The molecular weight excluding hydrogens is 334 g/mol. The van der Waals surface area contributed by atoms with E-state index in [9.17, 15) is 0 Å². The fraction of sp³-hybridized carbons (Fsp3) is 0.478. The van der Waals surface area contributed by atoms with Crippen LogP contribution in [0, 0.1) is 13.8 Å². The van der Waals surface area contributed by atoms with E-state index in [0.29, 0.717) is 0 Å². The molecule has 0 saturated carbocycles. The summed E-state index contributed by atoms with van der Waals surface area (Å²) < 4.78 is 5.44. The Morgan fingerprint density at radius 1 is 1.15 bits per heavy atom. The molecule has 4 heteroatoms. The number of rotatable bonds is 6. The monoisotopic (exact) mass is 365 g/mol. The number of aliphatic imine (C=N–C) groups is 1. The van der Waals surface area contributed by atoms with Crippen LogP contribution in [0.4, 0.5) is 5.69 Å². The van der Waals surface area contributed by atoms with E-state index in [1.54, 1.807) is 0 Å². The van der Waals surface area contributed by atoms with E-state index in [1.807, 2.05) is 7.05 Å². The quantitative estimate of drug-likeness (QED) is 0.715. The summed E-state index contributed by atoms with van der Waals surface area (Å²) in [4.78, 5) is 11.8. The van der Waals surface area contributed by atoms with E-state index < -0.39 is 0 Å². The zero-order valence-corrected chi connectivity index (χ0v) is 17.1. The SMILES string of the molecule is CCCC(=NC)c1c(C)cc(Cc2ccc(N3CCOCC3)cc2)nc1C. The van der Waals surface area contributed by atoms with Crippen LogP contribution in [0.25, 0.3) is 0 Å². The van der Waals surface area contributed by atoms with Gasteiger partial charge < -0.3 is 9.64 Å². The number of hydrogen-bond acceptors (Lipinski definition) is 4. The molecule has 0 spiro atoms. The number of aryl methyl sites for hydroxylation is 2. The third kappa shape index (κ3) is 4.75. The molecule has 1 fully saturated rings. The van der Waals surface area contributed by atoms with Crippen molar-refractivity contribution in [2.75, 3.05) is 38.3 Å². The maximum absolute atomic E-state index is 5.44. The van der Waals surface area contributed by atoms with Crippen molar-refractivity contribution in [1.29, 1.82) is 0 Å². The summed E-state index contributed by atoms with van der Waals surface area (Å²) in [6.45, 7) is 10.1. The Balaban J connectivity index is 1.75. The van der Waals surface area contributed by atoms with Gasteiger partial charge in [-0.25, -0.2) is 0 Å². The fourth-order valence-corrected chi connectivity index (χ4v) is 3.88. The van der Waals surface area contributed by atoms with Crippen LogP contribution in [0.1, 0.15) is 47.8 Å². The maximum atomic E-state index is 5.44. The smallest absolute Gasteiger partial charge is 0.0642 e. The van der Waals surface area contributed by atoms with Crippen LogP contribution in [0.2, 0.25) is 0 Å². The molecule has 0 atom stereocenters. The van der Waals surface area contributed by atoms with Crippen molar-refractivity contribution in [3.8, 4) is 0 Å². The van der Waals surface area contributed by atoms with Crippen molar-refractivity contribution < 1.29 is 4.74 Å². The minimum absolute atomic E-state index is 0.817. The minimum Gasteiger partial charge on any atom is -0.378 e. The van der Waals surface area contributed by atoms with E-state index in [1.165, 1.54) is 28.1 Å². The van der Waals surface area contributed by atoms with Crippen LogP contribution in [0.5, 0.6) is 0 Å². The lowest BCUT2D eigenvalue weighted by Gasteiger charge is -2.28.